The van der Waals surface area contributed by atoms with Crippen LogP contribution in [0.3, 0.4) is 0 Å². The smallest absolute Gasteiger partial charge is 0.323 e. The van der Waals surface area contributed by atoms with Gasteiger partial charge >= 0.3 is 5.97 Å². The van der Waals surface area contributed by atoms with E-state index in [2.05, 4.69) is 0 Å². The second-order valence-electron chi connectivity index (χ2n) is 5.16. The number of hydrogen-bond acceptors (Lipinski definition) is 2. The Morgan fingerprint density at radius 1 is 1.37 bits per heavy atom. The molecule has 0 heterocycles. The number of amides is 1. The number of aliphatic carboxylic acids is 1. The van der Waals surface area contributed by atoms with Gasteiger partial charge in [-0.1, -0.05) is 29.8 Å². The van der Waals surface area contributed by atoms with Crippen LogP contribution in [0.4, 0.5) is 0 Å². The maximum Gasteiger partial charge on any atom is 0.323 e. The molecule has 0 aliphatic heterocycles. The van der Waals surface area contributed by atoms with E-state index in [1.54, 1.807) is 0 Å². The summed E-state index contributed by atoms with van der Waals surface area (Å²) in [7, 11) is 0. The molecule has 0 aromatic heterocycles. The average molecular weight is 261 g/mol. The van der Waals surface area contributed by atoms with E-state index in [1.807, 2.05) is 38.1 Å². The summed E-state index contributed by atoms with van der Waals surface area (Å²) in [6.45, 7) is 4.02. The van der Waals surface area contributed by atoms with Gasteiger partial charge in [0.2, 0.25) is 5.91 Å². The highest BCUT2D eigenvalue weighted by atomic mass is 16.4. The third-order valence-corrected chi connectivity index (χ3v) is 3.73. The van der Waals surface area contributed by atoms with Crippen molar-refractivity contribution < 1.29 is 14.7 Å². The van der Waals surface area contributed by atoms with Gasteiger partial charge < -0.3 is 10.0 Å². The van der Waals surface area contributed by atoms with Crippen LogP contribution in [0.5, 0.6) is 0 Å². The summed E-state index contributed by atoms with van der Waals surface area (Å²) in [5.41, 5.74) is 1.66. The zero-order valence-corrected chi connectivity index (χ0v) is 11.3. The number of carboxylic acids is 1. The fraction of sp³-hybridized carbons (Fsp3) is 0.467. The highest BCUT2D eigenvalue weighted by molar-refractivity contribution is 5.93. The highest BCUT2D eigenvalue weighted by Gasteiger charge is 2.52. The molecule has 1 aliphatic rings. The molecule has 4 nitrogen and oxygen atoms in total. The van der Waals surface area contributed by atoms with Gasteiger partial charge in [-0.25, -0.2) is 0 Å². The quantitative estimate of drug-likeness (QED) is 0.881. The normalized spacial score (nSPS) is 15.9. The van der Waals surface area contributed by atoms with Gasteiger partial charge in [-0.3, -0.25) is 9.59 Å². The molecule has 0 spiro atoms. The number of hydrogen-bond donors (Lipinski definition) is 1. The SMILES string of the molecule is CCN(CC(=O)O)C(=O)C1(c2cccc(C)c2)CC1. The van der Waals surface area contributed by atoms with Gasteiger partial charge in [0.25, 0.3) is 0 Å². The summed E-state index contributed by atoms with van der Waals surface area (Å²) >= 11 is 0. The van der Waals surface area contributed by atoms with Crippen LogP contribution in [0.1, 0.15) is 30.9 Å². The first-order chi connectivity index (χ1) is 8.99. The molecule has 4 heteroatoms. The predicted molar refractivity (Wildman–Crippen MR) is 72.0 cm³/mol. The Balaban J connectivity index is 2.24. The van der Waals surface area contributed by atoms with Crippen LogP contribution in [-0.4, -0.2) is 35.0 Å². The van der Waals surface area contributed by atoms with Gasteiger partial charge in [-0.2, -0.15) is 0 Å². The zero-order chi connectivity index (χ0) is 14.0. The van der Waals surface area contributed by atoms with E-state index >= 15 is 0 Å². The van der Waals surface area contributed by atoms with Crippen LogP contribution >= 0.6 is 0 Å². The lowest BCUT2D eigenvalue weighted by Crippen LogP contribution is -2.42. The second kappa shape index (κ2) is 5.03. The van der Waals surface area contributed by atoms with Crippen molar-refractivity contribution in [3.05, 3.63) is 35.4 Å². The van der Waals surface area contributed by atoms with Crippen LogP contribution in [0.15, 0.2) is 24.3 Å². The molecule has 1 saturated carbocycles. The van der Waals surface area contributed by atoms with Crippen molar-refractivity contribution in [3.8, 4) is 0 Å². The van der Waals surface area contributed by atoms with Crippen LogP contribution < -0.4 is 0 Å². The van der Waals surface area contributed by atoms with Crippen molar-refractivity contribution in [2.45, 2.75) is 32.1 Å². The van der Waals surface area contributed by atoms with Crippen molar-refractivity contribution in [2.75, 3.05) is 13.1 Å². The molecule has 0 atom stereocenters. The number of carbonyl (C=O) groups excluding carboxylic acids is 1. The Kier molecular flexibility index (Phi) is 3.60. The van der Waals surface area contributed by atoms with E-state index in [4.69, 9.17) is 5.11 Å². The fourth-order valence-corrected chi connectivity index (χ4v) is 2.49. The van der Waals surface area contributed by atoms with Crippen molar-refractivity contribution in [1.82, 2.24) is 4.90 Å². The molecule has 0 radical (unpaired) electrons. The topological polar surface area (TPSA) is 57.6 Å². The molecule has 1 fully saturated rings. The van der Waals surface area contributed by atoms with E-state index in [9.17, 15) is 9.59 Å². The lowest BCUT2D eigenvalue weighted by atomic mass is 9.93. The first-order valence-electron chi connectivity index (χ1n) is 6.58. The van der Waals surface area contributed by atoms with Gasteiger partial charge in [0.15, 0.2) is 0 Å². The van der Waals surface area contributed by atoms with Gasteiger partial charge in [-0.05, 0) is 32.3 Å². The summed E-state index contributed by atoms with van der Waals surface area (Å²) in [6.07, 6.45) is 1.62. The molecule has 2 rings (SSSR count). The summed E-state index contributed by atoms with van der Waals surface area (Å²) in [5, 5.41) is 8.87. The molecule has 0 unspecified atom stereocenters. The standard InChI is InChI=1S/C15H19NO3/c1-3-16(10-13(17)18)14(19)15(7-8-15)12-6-4-5-11(2)9-12/h4-6,9H,3,7-8,10H2,1-2H3,(H,17,18). The second-order valence-corrected chi connectivity index (χ2v) is 5.16. The van der Waals surface area contributed by atoms with E-state index in [1.165, 1.54) is 4.90 Å². The molecule has 1 aliphatic carbocycles. The van der Waals surface area contributed by atoms with E-state index in [0.29, 0.717) is 6.54 Å². The Labute approximate surface area is 113 Å². The van der Waals surface area contributed by atoms with Gasteiger partial charge in [0.1, 0.15) is 6.54 Å². The predicted octanol–water partition coefficient (Wildman–Crippen LogP) is 1.96. The molecule has 1 N–H and O–H groups in total. The Hall–Kier alpha value is -1.84. The molecule has 102 valence electrons. The van der Waals surface area contributed by atoms with E-state index in [-0.39, 0.29) is 12.5 Å². The average Bonchev–Trinajstić information content (AvgIpc) is 3.16. The third-order valence-electron chi connectivity index (χ3n) is 3.73. The van der Waals surface area contributed by atoms with Gasteiger partial charge in [0.05, 0.1) is 5.41 Å². The summed E-state index contributed by atoms with van der Waals surface area (Å²) < 4.78 is 0. The first-order valence-corrected chi connectivity index (χ1v) is 6.58. The minimum atomic E-state index is -0.963. The number of likely N-dealkylation sites (N-methyl/N-ethyl adjacent to an activating group) is 1. The molecule has 1 aromatic rings. The molecule has 19 heavy (non-hydrogen) atoms. The minimum Gasteiger partial charge on any atom is -0.480 e. The number of carboxylic acid groups (broad SMARTS) is 1. The summed E-state index contributed by atoms with van der Waals surface area (Å²) in [5.74, 6) is -1.02. The Bertz CT molecular complexity index is 506. The maximum atomic E-state index is 12.6. The molecular weight excluding hydrogens is 242 g/mol. The minimum absolute atomic E-state index is 0.0528. The van der Waals surface area contributed by atoms with E-state index < -0.39 is 11.4 Å². The lowest BCUT2D eigenvalue weighted by Gasteiger charge is -2.25. The number of benzene rings is 1. The fourth-order valence-electron chi connectivity index (χ4n) is 2.49. The highest BCUT2D eigenvalue weighted by Crippen LogP contribution is 2.49. The molecular formula is C15H19NO3. The van der Waals surface area contributed by atoms with Crippen LogP contribution in [0.2, 0.25) is 0 Å². The lowest BCUT2D eigenvalue weighted by molar-refractivity contribution is -0.145. The van der Waals surface area contributed by atoms with Crippen LogP contribution in [0, 0.1) is 6.92 Å². The van der Waals surface area contributed by atoms with Crippen LogP contribution in [0.25, 0.3) is 0 Å². The molecule has 1 aromatic carbocycles. The third kappa shape index (κ3) is 2.62. The number of aryl methyl sites for hydroxylation is 1. The largest absolute Gasteiger partial charge is 0.480 e. The van der Waals surface area contributed by atoms with Crippen molar-refractivity contribution in [2.24, 2.45) is 0 Å². The molecule has 0 saturated heterocycles. The van der Waals surface area contributed by atoms with Crippen molar-refractivity contribution >= 4 is 11.9 Å². The monoisotopic (exact) mass is 261 g/mol. The zero-order valence-electron chi connectivity index (χ0n) is 11.3. The first kappa shape index (κ1) is 13.6. The summed E-state index contributed by atoms with van der Waals surface area (Å²) in [6, 6.07) is 7.94. The van der Waals surface area contributed by atoms with Crippen molar-refractivity contribution in [3.63, 3.8) is 0 Å². The maximum absolute atomic E-state index is 12.6. The Morgan fingerprint density at radius 3 is 2.53 bits per heavy atom. The van der Waals surface area contributed by atoms with Crippen molar-refractivity contribution in [1.29, 1.82) is 0 Å². The van der Waals surface area contributed by atoms with Gasteiger partial charge in [-0.15, -0.1) is 0 Å². The molecule has 0 bridgehead atoms. The van der Waals surface area contributed by atoms with Crippen LogP contribution in [-0.2, 0) is 15.0 Å². The van der Waals surface area contributed by atoms with Gasteiger partial charge in [0, 0.05) is 6.54 Å². The molecule has 1 amide bonds. The number of rotatable bonds is 5. The summed E-state index contributed by atoms with van der Waals surface area (Å²) in [4.78, 5) is 24.8. The Morgan fingerprint density at radius 2 is 2.05 bits per heavy atom. The number of carbonyl (C=O) groups is 2. The number of nitrogens with zero attached hydrogens (tertiary/aromatic N) is 1. The van der Waals surface area contributed by atoms with E-state index in [0.717, 1.165) is 24.0 Å².